The number of carbonyl (C=O) groups is 3. The molecular weight excluding hydrogens is 745 g/mol. The van der Waals surface area contributed by atoms with Crippen LogP contribution in [0.4, 0.5) is 0 Å². The molecule has 0 fully saturated rings. The van der Waals surface area contributed by atoms with Crippen LogP contribution >= 0.6 is 0 Å². The number of allylic oxidation sites excluding steroid dienone is 6. The van der Waals surface area contributed by atoms with Gasteiger partial charge in [-0.1, -0.05) is 198 Å². The summed E-state index contributed by atoms with van der Waals surface area (Å²) < 4.78 is 16.8. The minimum atomic E-state index is -0.778. The molecule has 1 unspecified atom stereocenters. The Morgan fingerprint density at radius 3 is 0.883 bits per heavy atom. The summed E-state index contributed by atoms with van der Waals surface area (Å²) in [5.74, 6) is -0.894. The normalized spacial score (nSPS) is 12.2. The minimum absolute atomic E-state index is 0.0790. The van der Waals surface area contributed by atoms with Gasteiger partial charge in [-0.2, -0.15) is 0 Å². The van der Waals surface area contributed by atoms with Crippen molar-refractivity contribution in [3.63, 3.8) is 0 Å². The Labute approximate surface area is 372 Å². The van der Waals surface area contributed by atoms with Gasteiger partial charge in [-0.15, -0.1) is 0 Å². The van der Waals surface area contributed by atoms with E-state index in [0.29, 0.717) is 19.3 Å². The molecule has 0 aliphatic heterocycles. The van der Waals surface area contributed by atoms with Crippen LogP contribution in [0.25, 0.3) is 0 Å². The number of esters is 3. The lowest BCUT2D eigenvalue weighted by Crippen LogP contribution is -2.30. The van der Waals surface area contributed by atoms with Crippen molar-refractivity contribution in [2.24, 2.45) is 0 Å². The molecule has 0 N–H and O–H groups in total. The first-order chi connectivity index (χ1) is 29.5. The van der Waals surface area contributed by atoms with Crippen LogP contribution in [0.5, 0.6) is 0 Å². The summed E-state index contributed by atoms with van der Waals surface area (Å²) in [5, 5.41) is 0. The third-order valence-corrected chi connectivity index (χ3v) is 11.3. The quantitative estimate of drug-likeness (QED) is 0.0263. The van der Waals surface area contributed by atoms with Crippen LogP contribution in [-0.4, -0.2) is 37.2 Å². The van der Waals surface area contributed by atoms with E-state index in [-0.39, 0.29) is 31.1 Å². The van der Waals surface area contributed by atoms with Crippen molar-refractivity contribution < 1.29 is 28.6 Å². The van der Waals surface area contributed by atoms with Gasteiger partial charge < -0.3 is 14.2 Å². The Balaban J connectivity index is 4.35. The van der Waals surface area contributed by atoms with Crippen molar-refractivity contribution in [2.45, 2.75) is 277 Å². The zero-order valence-electron chi connectivity index (χ0n) is 40.0. The van der Waals surface area contributed by atoms with Gasteiger partial charge in [-0.05, 0) is 89.9 Å². The van der Waals surface area contributed by atoms with Crippen molar-refractivity contribution in [1.82, 2.24) is 0 Å². The van der Waals surface area contributed by atoms with Gasteiger partial charge in [0.15, 0.2) is 6.10 Å². The summed E-state index contributed by atoms with van der Waals surface area (Å²) in [6, 6.07) is 0. The zero-order chi connectivity index (χ0) is 43.7. The topological polar surface area (TPSA) is 78.9 Å². The molecule has 0 amide bonds. The number of carbonyl (C=O) groups excluding carboxylic acids is 3. The molecule has 6 nitrogen and oxygen atoms in total. The minimum Gasteiger partial charge on any atom is -0.462 e. The predicted octanol–water partition coefficient (Wildman–Crippen LogP) is 16.9. The van der Waals surface area contributed by atoms with E-state index in [0.717, 1.165) is 77.0 Å². The average Bonchev–Trinajstić information content (AvgIpc) is 3.24. The first-order valence-electron chi connectivity index (χ1n) is 26.0. The van der Waals surface area contributed by atoms with Crippen molar-refractivity contribution in [3.8, 4) is 0 Å². The maximum Gasteiger partial charge on any atom is 0.306 e. The Bertz CT molecular complexity index is 1020. The Hall–Kier alpha value is -2.37. The molecule has 0 spiro atoms. The van der Waals surface area contributed by atoms with Gasteiger partial charge in [-0.3, -0.25) is 14.4 Å². The molecule has 1 atom stereocenters. The first kappa shape index (κ1) is 57.6. The smallest absolute Gasteiger partial charge is 0.306 e. The van der Waals surface area contributed by atoms with Crippen LogP contribution in [0.2, 0.25) is 0 Å². The Morgan fingerprint density at radius 1 is 0.317 bits per heavy atom. The molecule has 0 rings (SSSR count). The third kappa shape index (κ3) is 46.7. The number of hydrogen-bond donors (Lipinski definition) is 0. The highest BCUT2D eigenvalue weighted by molar-refractivity contribution is 5.71. The fraction of sp³-hybridized carbons (Fsp3) is 0.833. The number of hydrogen-bond acceptors (Lipinski definition) is 6. The monoisotopic (exact) mass is 843 g/mol. The molecule has 0 aromatic heterocycles. The fourth-order valence-corrected chi connectivity index (χ4v) is 7.35. The molecule has 6 heteroatoms. The maximum absolute atomic E-state index is 12.8. The highest BCUT2D eigenvalue weighted by Crippen LogP contribution is 2.14. The van der Waals surface area contributed by atoms with Gasteiger partial charge in [0.2, 0.25) is 0 Å². The Morgan fingerprint density at radius 2 is 0.567 bits per heavy atom. The van der Waals surface area contributed by atoms with Crippen LogP contribution in [0.15, 0.2) is 36.5 Å². The third-order valence-electron chi connectivity index (χ3n) is 11.3. The van der Waals surface area contributed by atoms with Gasteiger partial charge >= 0.3 is 17.9 Å². The van der Waals surface area contributed by atoms with E-state index in [9.17, 15) is 14.4 Å². The van der Waals surface area contributed by atoms with Gasteiger partial charge in [0.25, 0.3) is 0 Å². The number of unbranched alkanes of at least 4 members (excludes halogenated alkanes) is 30. The number of rotatable bonds is 47. The SMILES string of the molecule is CCCC/C=C\CCCCCCCC(=O)OCC(COC(=O)CCCCCCCCC/C=C\CCCCCCCC)OC(=O)CCCCCCC/C=C\CCCCCCC. The van der Waals surface area contributed by atoms with Crippen molar-refractivity contribution >= 4 is 17.9 Å². The van der Waals surface area contributed by atoms with E-state index < -0.39 is 6.10 Å². The summed E-state index contributed by atoms with van der Waals surface area (Å²) in [5.41, 5.74) is 0. The van der Waals surface area contributed by atoms with Crippen LogP contribution < -0.4 is 0 Å². The molecule has 0 aliphatic carbocycles. The molecule has 0 heterocycles. The highest BCUT2D eigenvalue weighted by atomic mass is 16.6. The lowest BCUT2D eigenvalue weighted by molar-refractivity contribution is -0.167. The van der Waals surface area contributed by atoms with Crippen LogP contribution in [0, 0.1) is 0 Å². The second kappa shape index (κ2) is 49.3. The van der Waals surface area contributed by atoms with E-state index in [1.54, 1.807) is 0 Å². The first-order valence-corrected chi connectivity index (χ1v) is 26.0. The van der Waals surface area contributed by atoms with Crippen molar-refractivity contribution in [3.05, 3.63) is 36.5 Å². The summed E-state index contributed by atoms with van der Waals surface area (Å²) in [4.78, 5) is 37.9. The van der Waals surface area contributed by atoms with E-state index >= 15 is 0 Å². The summed E-state index contributed by atoms with van der Waals surface area (Å²) >= 11 is 0. The largest absolute Gasteiger partial charge is 0.462 e. The van der Waals surface area contributed by atoms with Crippen LogP contribution in [0.3, 0.4) is 0 Å². The van der Waals surface area contributed by atoms with Gasteiger partial charge in [0.1, 0.15) is 13.2 Å². The molecule has 0 saturated heterocycles. The molecule has 0 aromatic carbocycles. The molecule has 0 aromatic rings. The summed E-state index contributed by atoms with van der Waals surface area (Å²) in [7, 11) is 0. The molecule has 0 saturated carbocycles. The second-order valence-corrected chi connectivity index (χ2v) is 17.4. The Kier molecular flexibility index (Phi) is 47.3. The van der Waals surface area contributed by atoms with E-state index in [4.69, 9.17) is 14.2 Å². The van der Waals surface area contributed by atoms with Gasteiger partial charge in [0, 0.05) is 19.3 Å². The summed E-state index contributed by atoms with van der Waals surface area (Å²) in [6.07, 6.45) is 57.0. The van der Waals surface area contributed by atoms with E-state index in [2.05, 4.69) is 57.2 Å². The molecule has 0 radical (unpaired) electrons. The lowest BCUT2D eigenvalue weighted by Gasteiger charge is -2.18. The van der Waals surface area contributed by atoms with E-state index in [1.165, 1.54) is 154 Å². The van der Waals surface area contributed by atoms with Crippen LogP contribution in [-0.2, 0) is 28.6 Å². The van der Waals surface area contributed by atoms with Gasteiger partial charge in [-0.25, -0.2) is 0 Å². The number of ether oxygens (including phenoxy) is 3. The summed E-state index contributed by atoms with van der Waals surface area (Å²) in [6.45, 7) is 6.58. The molecular formula is C54H98O6. The molecule has 0 bridgehead atoms. The van der Waals surface area contributed by atoms with E-state index in [1.807, 2.05) is 0 Å². The molecule has 0 aliphatic rings. The molecule has 60 heavy (non-hydrogen) atoms. The van der Waals surface area contributed by atoms with Gasteiger partial charge in [0.05, 0.1) is 0 Å². The standard InChI is InChI=1S/C54H98O6/c1-4-7-10-13-16-19-22-24-26-27-28-30-32-35-38-41-44-47-53(56)59-50-51(49-58-52(55)46-43-40-37-34-31-21-18-15-12-9-6-3)60-54(57)48-45-42-39-36-33-29-25-23-20-17-14-11-8-5-2/h15,18,23-26,51H,4-14,16-17,19-22,27-50H2,1-3H3/b18-15-,25-23-,26-24-. The lowest BCUT2D eigenvalue weighted by atomic mass is 10.1. The second-order valence-electron chi connectivity index (χ2n) is 17.4. The zero-order valence-corrected chi connectivity index (χ0v) is 40.0. The highest BCUT2D eigenvalue weighted by Gasteiger charge is 2.19. The fourth-order valence-electron chi connectivity index (χ4n) is 7.35. The maximum atomic E-state index is 12.8. The van der Waals surface area contributed by atoms with Crippen LogP contribution in [0.1, 0.15) is 271 Å². The molecule has 350 valence electrons. The average molecular weight is 843 g/mol. The van der Waals surface area contributed by atoms with Crippen molar-refractivity contribution in [2.75, 3.05) is 13.2 Å². The predicted molar refractivity (Wildman–Crippen MR) is 256 cm³/mol. The van der Waals surface area contributed by atoms with Crippen molar-refractivity contribution in [1.29, 1.82) is 0 Å².